The lowest BCUT2D eigenvalue weighted by molar-refractivity contribution is -0.140. The van der Waals surface area contributed by atoms with Crippen LogP contribution in [0.4, 0.5) is 0 Å². The summed E-state index contributed by atoms with van der Waals surface area (Å²) < 4.78 is 0. The van der Waals surface area contributed by atoms with Crippen LogP contribution in [0.15, 0.2) is 0 Å². The van der Waals surface area contributed by atoms with Crippen LogP contribution in [-0.2, 0) is 24.0 Å². The van der Waals surface area contributed by atoms with Crippen molar-refractivity contribution in [3.8, 4) is 0 Å². The molecule has 1 aliphatic carbocycles. The highest BCUT2D eigenvalue weighted by molar-refractivity contribution is 8.13. The van der Waals surface area contributed by atoms with E-state index in [1.165, 1.54) is 16.7 Å². The van der Waals surface area contributed by atoms with E-state index in [0.29, 0.717) is 25.3 Å². The molecule has 1 saturated carbocycles. The van der Waals surface area contributed by atoms with Crippen LogP contribution in [-0.4, -0.2) is 77.5 Å². The molecular weight excluding hydrogens is 480 g/mol. The normalized spacial score (nSPS) is 21.2. The summed E-state index contributed by atoms with van der Waals surface area (Å²) in [7, 11) is 1.78. The lowest BCUT2D eigenvalue weighted by atomic mass is 9.76. The van der Waals surface area contributed by atoms with Gasteiger partial charge in [-0.05, 0) is 64.8 Å². The maximum Gasteiger partial charge on any atom is 0.245 e. The molecule has 0 heterocycles. The standard InChI is InChI=1S/C26H46N4O5S/c1-6-15-30(17-23(33)29-22(18-31)10-8-7-9-16-36-21(4)32)24(34)20(3)28-25(35)26(27-5)13-11-19(2)12-14-26/h18-20,22,27H,6-17H2,1-5H3,(H,28,35)(H,29,33). The first-order valence-corrected chi connectivity index (χ1v) is 14.2. The van der Waals surface area contributed by atoms with Gasteiger partial charge in [-0.25, -0.2) is 0 Å². The predicted octanol–water partition coefficient (Wildman–Crippen LogP) is 2.42. The molecule has 0 radical (unpaired) electrons. The first-order valence-electron chi connectivity index (χ1n) is 13.2. The summed E-state index contributed by atoms with van der Waals surface area (Å²) in [5.74, 6) is 0.443. The van der Waals surface area contributed by atoms with Gasteiger partial charge in [0.15, 0.2) is 5.12 Å². The van der Waals surface area contributed by atoms with Gasteiger partial charge in [0, 0.05) is 19.2 Å². The molecule has 10 heteroatoms. The van der Waals surface area contributed by atoms with Crippen molar-refractivity contribution in [1.82, 2.24) is 20.9 Å². The van der Waals surface area contributed by atoms with Crippen molar-refractivity contribution in [3.05, 3.63) is 0 Å². The van der Waals surface area contributed by atoms with E-state index in [9.17, 15) is 24.0 Å². The quantitative estimate of drug-likeness (QED) is 0.208. The maximum absolute atomic E-state index is 13.1. The summed E-state index contributed by atoms with van der Waals surface area (Å²) >= 11 is 1.29. The van der Waals surface area contributed by atoms with Crippen LogP contribution in [0.3, 0.4) is 0 Å². The van der Waals surface area contributed by atoms with Crippen molar-refractivity contribution in [2.24, 2.45) is 5.92 Å². The summed E-state index contributed by atoms with van der Waals surface area (Å²) in [6.07, 6.45) is 7.75. The number of carbonyl (C=O) groups is 5. The minimum atomic E-state index is -0.767. The molecule has 1 aliphatic rings. The Labute approximate surface area is 220 Å². The lowest BCUT2D eigenvalue weighted by Crippen LogP contribution is -2.61. The van der Waals surface area contributed by atoms with Gasteiger partial charge in [-0.15, -0.1) is 0 Å². The van der Waals surface area contributed by atoms with Gasteiger partial charge < -0.3 is 25.6 Å². The topological polar surface area (TPSA) is 125 Å². The molecule has 0 saturated heterocycles. The number of thioether (sulfide) groups is 1. The third-order valence-corrected chi connectivity index (χ3v) is 7.77. The molecule has 0 aromatic rings. The maximum atomic E-state index is 13.1. The second-order valence-electron chi connectivity index (χ2n) is 9.97. The first-order chi connectivity index (χ1) is 17.1. The summed E-state index contributed by atoms with van der Waals surface area (Å²) in [6, 6.07) is -1.38. The SMILES string of the molecule is CCCN(CC(=O)NC(C=O)CCCCCSC(C)=O)C(=O)C(C)NC(=O)C1(NC)CCC(C)CC1. The van der Waals surface area contributed by atoms with E-state index < -0.39 is 23.5 Å². The number of rotatable bonds is 16. The zero-order chi connectivity index (χ0) is 27.1. The zero-order valence-corrected chi connectivity index (χ0v) is 23.5. The number of hydrogen-bond acceptors (Lipinski definition) is 7. The Balaban J connectivity index is 2.59. The Morgan fingerprint density at radius 3 is 2.33 bits per heavy atom. The molecule has 2 atom stereocenters. The van der Waals surface area contributed by atoms with Crippen molar-refractivity contribution in [2.45, 2.75) is 103 Å². The van der Waals surface area contributed by atoms with Gasteiger partial charge >= 0.3 is 0 Å². The smallest absolute Gasteiger partial charge is 0.245 e. The van der Waals surface area contributed by atoms with Crippen molar-refractivity contribution < 1.29 is 24.0 Å². The van der Waals surface area contributed by atoms with Gasteiger partial charge in [0.05, 0.1) is 18.1 Å². The monoisotopic (exact) mass is 526 g/mol. The molecule has 0 aliphatic heterocycles. The van der Waals surface area contributed by atoms with Crippen LogP contribution in [0.2, 0.25) is 0 Å². The molecule has 36 heavy (non-hydrogen) atoms. The predicted molar refractivity (Wildman–Crippen MR) is 144 cm³/mol. The van der Waals surface area contributed by atoms with E-state index in [1.807, 2.05) is 6.92 Å². The highest BCUT2D eigenvalue weighted by Crippen LogP contribution is 2.32. The Bertz CT molecular complexity index is 740. The van der Waals surface area contributed by atoms with E-state index in [4.69, 9.17) is 0 Å². The van der Waals surface area contributed by atoms with Crippen LogP contribution in [0.1, 0.15) is 85.5 Å². The molecule has 0 spiro atoms. The van der Waals surface area contributed by atoms with E-state index in [2.05, 4.69) is 22.9 Å². The second-order valence-corrected chi connectivity index (χ2v) is 11.2. The largest absolute Gasteiger partial charge is 0.345 e. The first kappa shape index (κ1) is 32.1. The fourth-order valence-electron chi connectivity index (χ4n) is 4.51. The molecule has 1 fully saturated rings. The van der Waals surface area contributed by atoms with Gasteiger partial charge in [-0.1, -0.05) is 38.5 Å². The fourth-order valence-corrected chi connectivity index (χ4v) is 5.15. The summed E-state index contributed by atoms with van der Waals surface area (Å²) in [6.45, 7) is 7.50. The van der Waals surface area contributed by atoms with Gasteiger partial charge in [0.1, 0.15) is 12.3 Å². The second kappa shape index (κ2) is 16.7. The molecule has 0 aromatic heterocycles. The Hall–Kier alpha value is -1.94. The highest BCUT2D eigenvalue weighted by atomic mass is 32.2. The number of amides is 3. The van der Waals surface area contributed by atoms with Crippen molar-refractivity contribution >= 4 is 40.9 Å². The molecule has 1 rings (SSSR count). The number of unbranched alkanes of at least 4 members (excludes halogenated alkanes) is 2. The van der Waals surface area contributed by atoms with E-state index in [1.54, 1.807) is 20.9 Å². The third kappa shape index (κ3) is 11.0. The Morgan fingerprint density at radius 2 is 1.78 bits per heavy atom. The van der Waals surface area contributed by atoms with Crippen LogP contribution in [0, 0.1) is 5.92 Å². The van der Waals surface area contributed by atoms with Gasteiger partial charge in [0.25, 0.3) is 0 Å². The molecule has 0 aromatic carbocycles. The Morgan fingerprint density at radius 1 is 1.11 bits per heavy atom. The minimum absolute atomic E-state index is 0.0956. The van der Waals surface area contributed by atoms with Crippen LogP contribution in [0.5, 0.6) is 0 Å². The Kier molecular flexibility index (Phi) is 14.9. The third-order valence-electron chi connectivity index (χ3n) is 6.87. The number of hydrogen-bond donors (Lipinski definition) is 3. The lowest BCUT2D eigenvalue weighted by Gasteiger charge is -2.38. The number of nitrogens with one attached hydrogen (secondary N) is 3. The molecular formula is C26H46N4O5S. The van der Waals surface area contributed by atoms with Gasteiger partial charge in [0.2, 0.25) is 17.7 Å². The fraction of sp³-hybridized carbons (Fsp3) is 0.808. The molecule has 2 unspecified atom stereocenters. The average molecular weight is 527 g/mol. The van der Waals surface area contributed by atoms with E-state index in [-0.39, 0.29) is 23.5 Å². The zero-order valence-electron chi connectivity index (χ0n) is 22.7. The van der Waals surface area contributed by atoms with E-state index >= 15 is 0 Å². The molecule has 9 nitrogen and oxygen atoms in total. The van der Waals surface area contributed by atoms with Crippen LogP contribution < -0.4 is 16.0 Å². The van der Waals surface area contributed by atoms with Crippen molar-refractivity contribution in [1.29, 1.82) is 0 Å². The van der Waals surface area contributed by atoms with Crippen molar-refractivity contribution in [2.75, 3.05) is 25.9 Å². The molecule has 3 N–H and O–H groups in total. The van der Waals surface area contributed by atoms with E-state index in [0.717, 1.165) is 57.0 Å². The number of nitrogens with zero attached hydrogens (tertiary/aromatic N) is 1. The molecule has 0 bridgehead atoms. The van der Waals surface area contributed by atoms with Gasteiger partial charge in [-0.2, -0.15) is 0 Å². The minimum Gasteiger partial charge on any atom is -0.345 e. The number of aldehydes is 1. The summed E-state index contributed by atoms with van der Waals surface area (Å²) in [5.41, 5.74) is -0.671. The van der Waals surface area contributed by atoms with Gasteiger partial charge in [-0.3, -0.25) is 19.2 Å². The van der Waals surface area contributed by atoms with Crippen molar-refractivity contribution in [3.63, 3.8) is 0 Å². The van der Waals surface area contributed by atoms with Crippen LogP contribution in [0.25, 0.3) is 0 Å². The summed E-state index contributed by atoms with van der Waals surface area (Å²) in [5, 5.41) is 8.86. The average Bonchev–Trinajstić information content (AvgIpc) is 2.84. The summed E-state index contributed by atoms with van der Waals surface area (Å²) in [4.78, 5) is 62.7. The number of carbonyl (C=O) groups excluding carboxylic acids is 5. The molecule has 206 valence electrons. The highest BCUT2D eigenvalue weighted by Gasteiger charge is 2.40. The van der Waals surface area contributed by atoms with Crippen LogP contribution >= 0.6 is 11.8 Å². The number of likely N-dealkylation sites (N-methyl/N-ethyl adjacent to an activating group) is 1. The molecule has 3 amide bonds.